The zero-order chi connectivity index (χ0) is 13.7. The van der Waals surface area contributed by atoms with Crippen molar-refractivity contribution in [2.24, 2.45) is 5.73 Å². The fourth-order valence-electron chi connectivity index (χ4n) is 2.66. The number of nitrogens with zero attached hydrogens (tertiary/aromatic N) is 1. The Balaban J connectivity index is 0.00000200. The molecule has 3 nitrogen and oxygen atoms in total. The maximum absolute atomic E-state index is 13.0. The van der Waals surface area contributed by atoms with Crippen LogP contribution < -0.4 is 5.73 Å². The van der Waals surface area contributed by atoms with Gasteiger partial charge in [0.2, 0.25) is 5.91 Å². The van der Waals surface area contributed by atoms with Crippen molar-refractivity contribution < 1.29 is 9.18 Å². The molecule has 1 fully saturated rings. The molecule has 1 saturated heterocycles. The number of hydrogen-bond acceptors (Lipinski definition) is 2. The Morgan fingerprint density at radius 3 is 2.65 bits per heavy atom. The van der Waals surface area contributed by atoms with Crippen molar-refractivity contribution >= 4 is 18.3 Å². The minimum atomic E-state index is -0.236. The lowest BCUT2D eigenvalue weighted by atomic mass is 9.94. The van der Waals surface area contributed by atoms with Crippen molar-refractivity contribution in [3.8, 4) is 0 Å². The predicted octanol–water partition coefficient (Wildman–Crippen LogP) is 3.04. The van der Waals surface area contributed by atoms with Gasteiger partial charge in [-0.2, -0.15) is 0 Å². The van der Waals surface area contributed by atoms with Crippen LogP contribution in [0.5, 0.6) is 0 Å². The molecular weight excluding hydrogens is 279 g/mol. The van der Waals surface area contributed by atoms with Gasteiger partial charge in [-0.1, -0.05) is 12.1 Å². The molecule has 112 valence electrons. The molecular formula is C15H22ClFN2O. The lowest BCUT2D eigenvalue weighted by Crippen LogP contribution is -2.38. The minimum Gasteiger partial charge on any atom is -0.336 e. The van der Waals surface area contributed by atoms with Crippen LogP contribution in [-0.2, 0) is 4.79 Å². The van der Waals surface area contributed by atoms with E-state index in [1.807, 2.05) is 4.90 Å². The molecule has 1 atom stereocenters. The molecule has 1 aliphatic heterocycles. The van der Waals surface area contributed by atoms with E-state index < -0.39 is 0 Å². The second-order valence-electron chi connectivity index (χ2n) is 5.04. The van der Waals surface area contributed by atoms with E-state index in [0.717, 1.165) is 37.8 Å². The van der Waals surface area contributed by atoms with E-state index in [4.69, 9.17) is 5.73 Å². The zero-order valence-electron chi connectivity index (χ0n) is 11.6. The number of halogens is 2. The van der Waals surface area contributed by atoms with E-state index in [0.29, 0.717) is 13.0 Å². The second kappa shape index (κ2) is 8.22. The Morgan fingerprint density at radius 1 is 1.30 bits per heavy atom. The number of piperidine rings is 1. The van der Waals surface area contributed by atoms with E-state index in [-0.39, 0.29) is 30.2 Å². The van der Waals surface area contributed by atoms with Crippen LogP contribution in [0.2, 0.25) is 0 Å². The smallest absolute Gasteiger partial charge is 0.223 e. The summed E-state index contributed by atoms with van der Waals surface area (Å²) in [5.74, 6) is -0.0694. The number of carbonyl (C=O) groups excluding carboxylic acids is 1. The summed E-state index contributed by atoms with van der Waals surface area (Å²) in [7, 11) is 0. The van der Waals surface area contributed by atoms with Crippen LogP contribution in [-0.4, -0.2) is 23.9 Å². The predicted molar refractivity (Wildman–Crippen MR) is 80.2 cm³/mol. The normalized spacial score (nSPS) is 18.5. The van der Waals surface area contributed by atoms with Gasteiger partial charge in [0.15, 0.2) is 0 Å². The summed E-state index contributed by atoms with van der Waals surface area (Å²) in [6.07, 6.45) is 4.36. The minimum absolute atomic E-state index is 0. The fourth-order valence-corrected chi connectivity index (χ4v) is 2.66. The first kappa shape index (κ1) is 16.9. The molecule has 2 N–H and O–H groups in total. The van der Waals surface area contributed by atoms with Gasteiger partial charge in [-0.05, 0) is 49.9 Å². The average molecular weight is 301 g/mol. The quantitative estimate of drug-likeness (QED) is 0.929. The highest BCUT2D eigenvalue weighted by atomic mass is 35.5. The second-order valence-corrected chi connectivity index (χ2v) is 5.04. The van der Waals surface area contributed by atoms with Crippen LogP contribution in [0.15, 0.2) is 24.3 Å². The zero-order valence-corrected chi connectivity index (χ0v) is 12.4. The molecule has 0 aromatic heterocycles. The summed E-state index contributed by atoms with van der Waals surface area (Å²) in [6, 6.07) is 6.60. The Hall–Kier alpha value is -1.13. The molecule has 1 aromatic carbocycles. The van der Waals surface area contributed by atoms with Crippen molar-refractivity contribution in [3.05, 3.63) is 35.6 Å². The monoisotopic (exact) mass is 300 g/mol. The molecule has 20 heavy (non-hydrogen) atoms. The maximum atomic E-state index is 13.0. The summed E-state index contributed by atoms with van der Waals surface area (Å²) in [5.41, 5.74) is 6.49. The molecule has 1 unspecified atom stereocenters. The summed E-state index contributed by atoms with van der Waals surface area (Å²) >= 11 is 0. The maximum Gasteiger partial charge on any atom is 0.223 e. The fraction of sp³-hybridized carbons (Fsp3) is 0.533. The molecule has 0 aliphatic carbocycles. The van der Waals surface area contributed by atoms with Crippen molar-refractivity contribution in [2.45, 2.75) is 38.1 Å². The van der Waals surface area contributed by atoms with Crippen LogP contribution in [0, 0.1) is 5.82 Å². The van der Waals surface area contributed by atoms with E-state index in [1.165, 1.54) is 12.1 Å². The molecule has 5 heteroatoms. The molecule has 0 saturated carbocycles. The first-order valence-electron chi connectivity index (χ1n) is 6.97. The molecule has 2 rings (SSSR count). The number of nitrogens with two attached hydrogens (primary N) is 1. The van der Waals surface area contributed by atoms with Gasteiger partial charge in [0, 0.05) is 13.0 Å². The van der Waals surface area contributed by atoms with Gasteiger partial charge >= 0.3 is 0 Å². The van der Waals surface area contributed by atoms with Gasteiger partial charge in [0.05, 0.1) is 6.04 Å². The number of rotatable bonds is 4. The van der Waals surface area contributed by atoms with E-state index >= 15 is 0 Å². The van der Waals surface area contributed by atoms with Gasteiger partial charge in [-0.15, -0.1) is 12.4 Å². The Kier molecular flexibility index (Phi) is 6.96. The number of amides is 1. The largest absolute Gasteiger partial charge is 0.336 e. The van der Waals surface area contributed by atoms with Gasteiger partial charge in [-0.3, -0.25) is 4.79 Å². The molecule has 0 spiro atoms. The van der Waals surface area contributed by atoms with E-state index in [1.54, 1.807) is 12.1 Å². The van der Waals surface area contributed by atoms with Crippen LogP contribution in [0.25, 0.3) is 0 Å². The van der Waals surface area contributed by atoms with Crippen LogP contribution in [0.1, 0.15) is 43.7 Å². The molecule has 1 amide bonds. The number of benzene rings is 1. The third-order valence-corrected chi connectivity index (χ3v) is 3.67. The van der Waals surface area contributed by atoms with Crippen molar-refractivity contribution in [2.75, 3.05) is 13.1 Å². The molecule has 0 radical (unpaired) electrons. The van der Waals surface area contributed by atoms with Gasteiger partial charge < -0.3 is 10.6 Å². The molecule has 0 bridgehead atoms. The van der Waals surface area contributed by atoms with E-state index in [2.05, 4.69) is 0 Å². The molecule has 1 aliphatic rings. The van der Waals surface area contributed by atoms with Gasteiger partial charge in [-0.25, -0.2) is 4.39 Å². The highest BCUT2D eigenvalue weighted by Gasteiger charge is 2.27. The third-order valence-electron chi connectivity index (χ3n) is 3.67. The average Bonchev–Trinajstić information content (AvgIpc) is 2.45. The van der Waals surface area contributed by atoms with Crippen LogP contribution in [0.3, 0.4) is 0 Å². The molecule has 1 aromatic rings. The summed E-state index contributed by atoms with van der Waals surface area (Å²) in [4.78, 5) is 14.1. The SMILES string of the molecule is Cl.NCCCC(=O)N1CCCCC1c1ccc(F)cc1. The highest BCUT2D eigenvalue weighted by molar-refractivity contribution is 5.85. The van der Waals surface area contributed by atoms with Crippen LogP contribution >= 0.6 is 12.4 Å². The summed E-state index contributed by atoms with van der Waals surface area (Å²) in [5, 5.41) is 0. The summed E-state index contributed by atoms with van der Waals surface area (Å²) in [6.45, 7) is 1.34. The number of carbonyl (C=O) groups is 1. The molecule has 1 heterocycles. The third kappa shape index (κ3) is 4.18. The van der Waals surface area contributed by atoms with Crippen molar-refractivity contribution in [1.82, 2.24) is 4.90 Å². The summed E-state index contributed by atoms with van der Waals surface area (Å²) < 4.78 is 13.0. The van der Waals surface area contributed by atoms with Crippen molar-refractivity contribution in [3.63, 3.8) is 0 Å². The van der Waals surface area contributed by atoms with E-state index in [9.17, 15) is 9.18 Å². The Bertz CT molecular complexity index is 424. The van der Waals surface area contributed by atoms with Crippen molar-refractivity contribution in [1.29, 1.82) is 0 Å². The van der Waals surface area contributed by atoms with Gasteiger partial charge in [0.1, 0.15) is 5.82 Å². The first-order chi connectivity index (χ1) is 9.22. The van der Waals surface area contributed by atoms with Crippen LogP contribution in [0.4, 0.5) is 4.39 Å². The first-order valence-corrected chi connectivity index (χ1v) is 6.97. The Labute approximate surface area is 125 Å². The van der Waals surface area contributed by atoms with Gasteiger partial charge in [0.25, 0.3) is 0 Å². The lowest BCUT2D eigenvalue weighted by Gasteiger charge is -2.36. The number of hydrogen-bond donors (Lipinski definition) is 1. The number of likely N-dealkylation sites (tertiary alicyclic amines) is 1. The highest BCUT2D eigenvalue weighted by Crippen LogP contribution is 2.31. The Morgan fingerprint density at radius 2 is 2.00 bits per heavy atom. The lowest BCUT2D eigenvalue weighted by molar-refractivity contribution is -0.135. The standard InChI is InChI=1S/C15H21FN2O.ClH/c16-13-8-6-12(7-9-13)14-4-1-2-11-18(14)15(19)5-3-10-17;/h6-9,14H,1-5,10-11,17H2;1H. The topological polar surface area (TPSA) is 46.3 Å².